The average molecular weight is 434 g/mol. The second-order valence-electron chi connectivity index (χ2n) is 6.60. The fraction of sp³-hybridized carbons (Fsp3) is 0.200. The number of nitrogens with two attached hydrogens (primary N) is 1. The van der Waals surface area contributed by atoms with Crippen molar-refractivity contribution >= 4 is 33.2 Å². The van der Waals surface area contributed by atoms with Crippen LogP contribution in [-0.2, 0) is 21.2 Å². The molecule has 7 nitrogen and oxygen atoms in total. The van der Waals surface area contributed by atoms with Gasteiger partial charge in [-0.15, -0.1) is 0 Å². The molecule has 0 radical (unpaired) electrons. The lowest BCUT2D eigenvalue weighted by atomic mass is 10.1. The van der Waals surface area contributed by atoms with Crippen LogP contribution in [0.1, 0.15) is 23.4 Å². The third kappa shape index (κ3) is 5.03. The van der Waals surface area contributed by atoms with Crippen molar-refractivity contribution < 1.29 is 17.6 Å². The molecule has 0 fully saturated rings. The predicted octanol–water partition coefficient (Wildman–Crippen LogP) is 3.83. The molecule has 0 unspecified atom stereocenters. The minimum absolute atomic E-state index is 0.0482. The van der Waals surface area contributed by atoms with Crippen molar-refractivity contribution in [3.63, 3.8) is 0 Å². The number of anilines is 1. The van der Waals surface area contributed by atoms with Crippen LogP contribution in [0.15, 0.2) is 51.9 Å². The van der Waals surface area contributed by atoms with E-state index in [4.69, 9.17) is 21.2 Å². The summed E-state index contributed by atoms with van der Waals surface area (Å²) in [6, 6.07) is 10.1. The Kier molecular flexibility index (Phi) is 6.07. The molecule has 2 aromatic carbocycles. The zero-order chi connectivity index (χ0) is 21.2. The number of oxazole rings is 1. The molecule has 0 atom stereocenters. The number of halogens is 1. The zero-order valence-corrected chi connectivity index (χ0v) is 17.5. The van der Waals surface area contributed by atoms with Gasteiger partial charge in [0, 0.05) is 24.1 Å². The van der Waals surface area contributed by atoms with Crippen molar-refractivity contribution in [2.45, 2.75) is 31.6 Å². The van der Waals surface area contributed by atoms with Crippen molar-refractivity contribution in [3.05, 3.63) is 64.6 Å². The number of hydrogen-bond acceptors (Lipinski definition) is 5. The Morgan fingerprint density at radius 2 is 1.97 bits per heavy atom. The lowest BCUT2D eigenvalue weighted by Gasteiger charge is -2.12. The quantitative estimate of drug-likeness (QED) is 0.612. The maximum absolute atomic E-state index is 12.4. The smallest absolute Gasteiger partial charge is 0.238 e. The number of nitrogens with zero attached hydrogens (tertiary/aromatic N) is 1. The van der Waals surface area contributed by atoms with Crippen LogP contribution in [0.25, 0.3) is 11.3 Å². The average Bonchev–Trinajstić information content (AvgIpc) is 3.12. The minimum Gasteiger partial charge on any atom is -0.441 e. The van der Waals surface area contributed by atoms with Crippen LogP contribution < -0.4 is 10.5 Å². The van der Waals surface area contributed by atoms with Gasteiger partial charge < -0.3 is 9.73 Å². The third-order valence-corrected chi connectivity index (χ3v) is 5.72. The van der Waals surface area contributed by atoms with E-state index >= 15 is 0 Å². The summed E-state index contributed by atoms with van der Waals surface area (Å²) in [6.45, 7) is 3.55. The molecule has 1 heterocycles. The Bertz CT molecular complexity index is 1170. The normalized spacial score (nSPS) is 11.4. The van der Waals surface area contributed by atoms with Gasteiger partial charge in [0.25, 0.3) is 0 Å². The molecule has 0 aliphatic rings. The van der Waals surface area contributed by atoms with Crippen molar-refractivity contribution in [3.8, 4) is 11.3 Å². The Labute approximate surface area is 173 Å². The molecule has 152 valence electrons. The lowest BCUT2D eigenvalue weighted by molar-refractivity contribution is -0.116. The number of hydrogen-bond donors (Lipinski definition) is 2. The Balaban J connectivity index is 1.68. The van der Waals surface area contributed by atoms with Gasteiger partial charge in [-0.2, -0.15) is 0 Å². The van der Waals surface area contributed by atoms with E-state index < -0.39 is 10.0 Å². The van der Waals surface area contributed by atoms with E-state index in [0.29, 0.717) is 27.9 Å². The van der Waals surface area contributed by atoms with Crippen LogP contribution in [0.2, 0.25) is 5.02 Å². The standard InChI is InChI=1S/C20H20ClN3O4S/c1-12-9-14(29(22,26)27)10-17(13(12)2)24-19(25)7-8-20-23-11-18(28-20)15-5-3-4-6-16(15)21/h3-6,9-11H,7-8H2,1-2H3,(H,24,25)(H2,22,26,27). The Hall–Kier alpha value is -2.68. The molecule has 29 heavy (non-hydrogen) atoms. The molecule has 0 saturated heterocycles. The van der Waals surface area contributed by atoms with E-state index in [1.807, 2.05) is 18.2 Å². The third-order valence-electron chi connectivity index (χ3n) is 4.50. The fourth-order valence-corrected chi connectivity index (χ4v) is 3.62. The molecule has 0 aliphatic heterocycles. The van der Waals surface area contributed by atoms with Gasteiger partial charge in [-0.3, -0.25) is 4.79 Å². The number of amides is 1. The van der Waals surface area contributed by atoms with Gasteiger partial charge in [-0.25, -0.2) is 18.5 Å². The lowest BCUT2D eigenvalue weighted by Crippen LogP contribution is -2.16. The largest absolute Gasteiger partial charge is 0.441 e. The van der Waals surface area contributed by atoms with E-state index in [1.165, 1.54) is 12.1 Å². The van der Waals surface area contributed by atoms with Crippen LogP contribution in [0.5, 0.6) is 0 Å². The summed E-state index contributed by atoms with van der Waals surface area (Å²) < 4.78 is 28.9. The molecular weight excluding hydrogens is 414 g/mol. The monoisotopic (exact) mass is 433 g/mol. The van der Waals surface area contributed by atoms with Gasteiger partial charge in [0.15, 0.2) is 11.7 Å². The Morgan fingerprint density at radius 1 is 1.24 bits per heavy atom. The van der Waals surface area contributed by atoms with Gasteiger partial charge in [0.1, 0.15) is 0 Å². The molecule has 3 N–H and O–H groups in total. The number of nitrogens with one attached hydrogen (secondary N) is 1. The van der Waals surface area contributed by atoms with Crippen LogP contribution in [-0.4, -0.2) is 19.3 Å². The molecule has 0 saturated carbocycles. The number of aryl methyl sites for hydroxylation is 2. The van der Waals surface area contributed by atoms with Crippen molar-refractivity contribution in [2.24, 2.45) is 5.14 Å². The summed E-state index contributed by atoms with van der Waals surface area (Å²) in [5, 5.41) is 8.48. The number of carbonyl (C=O) groups is 1. The highest BCUT2D eigenvalue weighted by atomic mass is 35.5. The number of aromatic nitrogens is 1. The first-order valence-electron chi connectivity index (χ1n) is 8.78. The van der Waals surface area contributed by atoms with Crippen molar-refractivity contribution in [2.75, 3.05) is 5.32 Å². The van der Waals surface area contributed by atoms with Gasteiger partial charge in [0.2, 0.25) is 15.9 Å². The van der Waals surface area contributed by atoms with Gasteiger partial charge in [-0.1, -0.05) is 23.7 Å². The number of carbonyl (C=O) groups excluding carboxylic acids is 1. The molecule has 1 aromatic heterocycles. The van der Waals surface area contributed by atoms with Gasteiger partial charge in [-0.05, 0) is 49.2 Å². The summed E-state index contributed by atoms with van der Waals surface area (Å²) in [7, 11) is -3.87. The maximum Gasteiger partial charge on any atom is 0.238 e. The fourth-order valence-electron chi connectivity index (χ4n) is 2.76. The van der Waals surface area contributed by atoms with Crippen LogP contribution in [0.3, 0.4) is 0 Å². The second kappa shape index (κ2) is 8.36. The highest BCUT2D eigenvalue weighted by molar-refractivity contribution is 7.89. The topological polar surface area (TPSA) is 115 Å². The molecule has 0 bridgehead atoms. The summed E-state index contributed by atoms with van der Waals surface area (Å²) in [6.07, 6.45) is 1.96. The van der Waals surface area contributed by atoms with Crippen molar-refractivity contribution in [1.82, 2.24) is 4.98 Å². The van der Waals surface area contributed by atoms with Crippen LogP contribution in [0, 0.1) is 13.8 Å². The molecule has 0 spiro atoms. The first-order valence-corrected chi connectivity index (χ1v) is 10.7. The number of benzene rings is 2. The molecule has 1 amide bonds. The van der Waals surface area contributed by atoms with E-state index in [2.05, 4.69) is 10.3 Å². The van der Waals surface area contributed by atoms with E-state index in [-0.39, 0.29) is 23.6 Å². The van der Waals surface area contributed by atoms with E-state index in [1.54, 1.807) is 26.1 Å². The molecule has 3 rings (SSSR count). The highest BCUT2D eigenvalue weighted by Crippen LogP contribution is 2.28. The second-order valence-corrected chi connectivity index (χ2v) is 8.57. The molecular formula is C20H20ClN3O4S. The number of primary sulfonamides is 1. The van der Waals surface area contributed by atoms with Crippen LogP contribution >= 0.6 is 11.6 Å². The molecule has 0 aliphatic carbocycles. The zero-order valence-electron chi connectivity index (χ0n) is 15.9. The van der Waals surface area contributed by atoms with Gasteiger partial charge in [0.05, 0.1) is 16.1 Å². The SMILES string of the molecule is Cc1cc(S(N)(=O)=O)cc(NC(=O)CCc2ncc(-c3ccccc3Cl)o2)c1C. The predicted molar refractivity (Wildman–Crippen MR) is 111 cm³/mol. The van der Waals surface area contributed by atoms with E-state index in [0.717, 1.165) is 11.1 Å². The van der Waals surface area contributed by atoms with Gasteiger partial charge >= 0.3 is 0 Å². The van der Waals surface area contributed by atoms with Crippen LogP contribution in [0.4, 0.5) is 5.69 Å². The highest BCUT2D eigenvalue weighted by Gasteiger charge is 2.15. The summed E-state index contributed by atoms with van der Waals surface area (Å²) in [5.74, 6) is 0.635. The first-order chi connectivity index (χ1) is 13.6. The Morgan fingerprint density at radius 3 is 2.66 bits per heavy atom. The maximum atomic E-state index is 12.4. The molecule has 9 heteroatoms. The first kappa shape index (κ1) is 21.0. The molecule has 3 aromatic rings. The number of sulfonamides is 1. The van der Waals surface area contributed by atoms with E-state index in [9.17, 15) is 13.2 Å². The minimum atomic E-state index is -3.87. The number of rotatable bonds is 6. The summed E-state index contributed by atoms with van der Waals surface area (Å²) >= 11 is 6.15. The van der Waals surface area contributed by atoms with Crippen molar-refractivity contribution in [1.29, 1.82) is 0 Å². The summed E-state index contributed by atoms with van der Waals surface area (Å²) in [5.41, 5.74) is 2.61. The summed E-state index contributed by atoms with van der Waals surface area (Å²) in [4.78, 5) is 16.5.